The predicted molar refractivity (Wildman–Crippen MR) is 54.6 cm³/mol. The van der Waals surface area contributed by atoms with Crippen molar-refractivity contribution < 1.29 is 9.13 Å². The summed E-state index contributed by atoms with van der Waals surface area (Å²) in [5.41, 5.74) is 1.37. The Morgan fingerprint density at radius 1 is 1.54 bits per heavy atom. The summed E-state index contributed by atoms with van der Waals surface area (Å²) in [4.78, 5) is 0. The quantitative estimate of drug-likeness (QED) is 0.809. The van der Waals surface area contributed by atoms with E-state index in [0.717, 1.165) is 0 Å². The molecule has 0 radical (unpaired) electrons. The Hall–Kier alpha value is -0.540. The number of hydrogen-bond acceptors (Lipinski definition) is 1. The topological polar surface area (TPSA) is 9.23 Å². The normalized spacial score (nSPS) is 10.7. The van der Waals surface area contributed by atoms with Crippen LogP contribution in [-0.2, 0) is 0 Å². The van der Waals surface area contributed by atoms with Crippen molar-refractivity contribution >= 4 is 27.5 Å². The Balaban J connectivity index is 2.63. The standard InChI is InChI=1S/C9H7BrClFO/c10-8-6-7(2-3-9(8)12)13-5-1-4-11/h1-4,6H,5H2/b4-1+. The molecule has 0 fully saturated rings. The summed E-state index contributed by atoms with van der Waals surface area (Å²) in [6.07, 6.45) is 1.65. The molecule has 0 saturated carbocycles. The van der Waals surface area contributed by atoms with Crippen LogP contribution in [0.15, 0.2) is 34.3 Å². The molecule has 1 nitrogen and oxygen atoms in total. The molecule has 1 aromatic carbocycles. The van der Waals surface area contributed by atoms with Crippen molar-refractivity contribution in [3.8, 4) is 5.75 Å². The maximum atomic E-state index is 12.7. The highest BCUT2D eigenvalue weighted by Gasteiger charge is 1.99. The van der Waals surface area contributed by atoms with E-state index in [9.17, 15) is 4.39 Å². The third-order valence-corrected chi connectivity index (χ3v) is 2.11. The first kappa shape index (κ1) is 10.5. The molecular weight excluding hydrogens is 258 g/mol. The summed E-state index contributed by atoms with van der Waals surface area (Å²) < 4.78 is 18.4. The van der Waals surface area contributed by atoms with Gasteiger partial charge in [-0.15, -0.1) is 0 Å². The van der Waals surface area contributed by atoms with Gasteiger partial charge in [0.25, 0.3) is 0 Å². The van der Waals surface area contributed by atoms with Gasteiger partial charge in [0.1, 0.15) is 18.2 Å². The van der Waals surface area contributed by atoms with Crippen molar-refractivity contribution in [3.63, 3.8) is 0 Å². The molecule has 0 spiro atoms. The first-order chi connectivity index (χ1) is 6.24. The second kappa shape index (κ2) is 5.25. The van der Waals surface area contributed by atoms with Crippen molar-refractivity contribution in [2.24, 2.45) is 0 Å². The summed E-state index contributed by atoms with van der Waals surface area (Å²) in [7, 11) is 0. The van der Waals surface area contributed by atoms with Gasteiger partial charge >= 0.3 is 0 Å². The minimum absolute atomic E-state index is 0.305. The maximum absolute atomic E-state index is 12.7. The van der Waals surface area contributed by atoms with Gasteiger partial charge in [-0.3, -0.25) is 0 Å². The maximum Gasteiger partial charge on any atom is 0.137 e. The number of halogens is 3. The zero-order valence-corrected chi connectivity index (χ0v) is 8.98. The van der Waals surface area contributed by atoms with Gasteiger partial charge in [-0.25, -0.2) is 4.39 Å². The molecule has 0 bridgehead atoms. The smallest absolute Gasteiger partial charge is 0.137 e. The van der Waals surface area contributed by atoms with Gasteiger partial charge in [0.2, 0.25) is 0 Å². The highest BCUT2D eigenvalue weighted by Crippen LogP contribution is 2.21. The molecule has 0 amide bonds. The van der Waals surface area contributed by atoms with Gasteiger partial charge in [0.05, 0.1) is 4.47 Å². The molecule has 13 heavy (non-hydrogen) atoms. The number of benzene rings is 1. The van der Waals surface area contributed by atoms with Crippen LogP contribution in [0.2, 0.25) is 0 Å². The van der Waals surface area contributed by atoms with E-state index < -0.39 is 0 Å². The molecule has 0 aliphatic carbocycles. The first-order valence-electron chi connectivity index (χ1n) is 3.57. The van der Waals surface area contributed by atoms with Gasteiger partial charge in [-0.05, 0) is 40.2 Å². The zero-order valence-electron chi connectivity index (χ0n) is 6.64. The SMILES string of the molecule is Fc1ccc(OC/C=C/Cl)cc1Br. The molecule has 0 saturated heterocycles. The number of hydrogen-bond donors (Lipinski definition) is 0. The van der Waals surface area contributed by atoms with Gasteiger partial charge in [0, 0.05) is 5.54 Å². The second-order valence-corrected chi connectivity index (χ2v) is 3.35. The van der Waals surface area contributed by atoms with E-state index >= 15 is 0 Å². The van der Waals surface area contributed by atoms with E-state index in [-0.39, 0.29) is 5.82 Å². The van der Waals surface area contributed by atoms with Crippen LogP contribution in [0, 0.1) is 5.82 Å². The van der Waals surface area contributed by atoms with Crippen LogP contribution >= 0.6 is 27.5 Å². The fraction of sp³-hybridized carbons (Fsp3) is 0.111. The van der Waals surface area contributed by atoms with Gasteiger partial charge in [0.15, 0.2) is 0 Å². The summed E-state index contributed by atoms with van der Waals surface area (Å²) in [5, 5.41) is 0. The first-order valence-corrected chi connectivity index (χ1v) is 4.80. The number of rotatable bonds is 3. The van der Waals surface area contributed by atoms with Crippen molar-refractivity contribution in [1.29, 1.82) is 0 Å². The lowest BCUT2D eigenvalue weighted by Crippen LogP contribution is -1.93. The molecule has 0 aliphatic rings. The minimum Gasteiger partial charge on any atom is -0.489 e. The molecule has 0 aliphatic heterocycles. The van der Waals surface area contributed by atoms with Crippen LogP contribution in [-0.4, -0.2) is 6.61 Å². The third-order valence-electron chi connectivity index (χ3n) is 1.33. The molecule has 1 rings (SSSR count). The summed E-state index contributed by atoms with van der Waals surface area (Å²) in [6, 6.07) is 4.46. The zero-order chi connectivity index (χ0) is 9.68. The van der Waals surface area contributed by atoms with Crippen LogP contribution in [0.5, 0.6) is 5.75 Å². The Kier molecular flexibility index (Phi) is 4.25. The summed E-state index contributed by atoms with van der Waals surface area (Å²) in [5.74, 6) is 0.295. The molecule has 0 atom stereocenters. The van der Waals surface area contributed by atoms with E-state index in [4.69, 9.17) is 16.3 Å². The van der Waals surface area contributed by atoms with Crippen molar-refractivity contribution in [2.45, 2.75) is 0 Å². The molecule has 0 aromatic heterocycles. The monoisotopic (exact) mass is 264 g/mol. The molecule has 70 valence electrons. The Bertz CT molecular complexity index is 314. The van der Waals surface area contributed by atoms with Gasteiger partial charge < -0.3 is 4.74 Å². The van der Waals surface area contributed by atoms with Crippen molar-refractivity contribution in [2.75, 3.05) is 6.61 Å². The lowest BCUT2D eigenvalue weighted by Gasteiger charge is -2.03. The van der Waals surface area contributed by atoms with E-state index in [1.54, 1.807) is 18.2 Å². The molecule has 0 heterocycles. The van der Waals surface area contributed by atoms with Crippen LogP contribution in [0.4, 0.5) is 4.39 Å². The molecule has 0 unspecified atom stereocenters. The average molecular weight is 266 g/mol. The average Bonchev–Trinajstić information content (AvgIpc) is 2.12. The summed E-state index contributed by atoms with van der Waals surface area (Å²) >= 11 is 8.35. The van der Waals surface area contributed by atoms with Gasteiger partial charge in [-0.1, -0.05) is 11.6 Å². The van der Waals surface area contributed by atoms with E-state index in [0.29, 0.717) is 16.8 Å². The van der Waals surface area contributed by atoms with Crippen LogP contribution in [0.3, 0.4) is 0 Å². The van der Waals surface area contributed by atoms with E-state index in [2.05, 4.69) is 15.9 Å². The fourth-order valence-electron chi connectivity index (χ4n) is 0.747. The third kappa shape index (κ3) is 3.36. The van der Waals surface area contributed by atoms with Crippen LogP contribution < -0.4 is 4.74 Å². The molecule has 0 N–H and O–H groups in total. The Morgan fingerprint density at radius 3 is 2.92 bits per heavy atom. The molecular formula is C9H7BrClFO. The van der Waals surface area contributed by atoms with Gasteiger partial charge in [-0.2, -0.15) is 0 Å². The summed E-state index contributed by atoms with van der Waals surface area (Å²) in [6.45, 7) is 0.377. The van der Waals surface area contributed by atoms with E-state index in [1.165, 1.54) is 11.6 Å². The number of ether oxygens (including phenoxy) is 1. The Morgan fingerprint density at radius 2 is 2.31 bits per heavy atom. The van der Waals surface area contributed by atoms with Crippen LogP contribution in [0.1, 0.15) is 0 Å². The van der Waals surface area contributed by atoms with E-state index in [1.807, 2.05) is 0 Å². The predicted octanol–water partition coefficient (Wildman–Crippen LogP) is 3.72. The Labute approximate surface area is 89.3 Å². The molecule has 4 heteroatoms. The fourth-order valence-corrected chi connectivity index (χ4v) is 1.18. The highest BCUT2D eigenvalue weighted by atomic mass is 79.9. The largest absolute Gasteiger partial charge is 0.489 e. The lowest BCUT2D eigenvalue weighted by molar-refractivity contribution is 0.362. The molecule has 1 aromatic rings. The van der Waals surface area contributed by atoms with Crippen molar-refractivity contribution in [1.82, 2.24) is 0 Å². The minimum atomic E-state index is -0.305. The van der Waals surface area contributed by atoms with Crippen LogP contribution in [0.25, 0.3) is 0 Å². The van der Waals surface area contributed by atoms with Crippen molar-refractivity contribution in [3.05, 3.63) is 40.1 Å². The highest BCUT2D eigenvalue weighted by molar-refractivity contribution is 9.10. The second-order valence-electron chi connectivity index (χ2n) is 2.25. The lowest BCUT2D eigenvalue weighted by atomic mass is 10.3.